The van der Waals surface area contributed by atoms with E-state index in [2.05, 4.69) is 25.9 Å². The number of carbonyl (C=O) groups is 3. The molecular formula is C27H32BN5O6. The van der Waals surface area contributed by atoms with Gasteiger partial charge in [-0.25, -0.2) is 4.98 Å². The molecule has 1 heterocycles. The molecule has 3 aromatic rings. The van der Waals surface area contributed by atoms with Gasteiger partial charge in [-0.1, -0.05) is 56.3 Å². The molecule has 0 fully saturated rings. The van der Waals surface area contributed by atoms with Crippen LogP contribution in [0.4, 0.5) is 0 Å². The van der Waals surface area contributed by atoms with Crippen LogP contribution in [0.5, 0.6) is 5.75 Å². The second-order valence-electron chi connectivity index (χ2n) is 9.43. The number of hydrogen-bond acceptors (Lipinski definition) is 8. The molecule has 3 amide bonds. The Kier molecular flexibility index (Phi) is 10.5. The van der Waals surface area contributed by atoms with E-state index in [1.807, 2.05) is 6.07 Å². The Morgan fingerprint density at radius 3 is 1.97 bits per heavy atom. The summed E-state index contributed by atoms with van der Waals surface area (Å²) in [6.07, 6.45) is 4.21. The minimum Gasteiger partial charge on any atom is -0.508 e. The normalized spacial score (nSPS) is 13.2. The van der Waals surface area contributed by atoms with Crippen LogP contribution >= 0.6 is 0 Å². The summed E-state index contributed by atoms with van der Waals surface area (Å²) in [5.41, 5.74) is 1.43. The van der Waals surface area contributed by atoms with E-state index in [-0.39, 0.29) is 30.2 Å². The third-order valence-corrected chi connectivity index (χ3v) is 6.06. The van der Waals surface area contributed by atoms with Gasteiger partial charge in [-0.3, -0.25) is 19.4 Å². The summed E-state index contributed by atoms with van der Waals surface area (Å²) in [5.74, 6) is -3.08. The lowest BCUT2D eigenvalue weighted by Crippen LogP contribution is -2.58. The molecular weight excluding hydrogens is 501 g/mol. The molecule has 0 aliphatic carbocycles. The first-order valence-corrected chi connectivity index (χ1v) is 12.5. The molecule has 39 heavy (non-hydrogen) atoms. The van der Waals surface area contributed by atoms with Crippen LogP contribution in [0.15, 0.2) is 73.2 Å². The van der Waals surface area contributed by atoms with Crippen LogP contribution in [0.25, 0.3) is 0 Å². The molecule has 3 atom stereocenters. The summed E-state index contributed by atoms with van der Waals surface area (Å²) in [6.45, 7) is 3.45. The number of amides is 3. The zero-order valence-electron chi connectivity index (χ0n) is 21.7. The fourth-order valence-electron chi connectivity index (χ4n) is 3.91. The largest absolute Gasteiger partial charge is 0.508 e. The number of phenolic OH excluding ortho intramolecular Hbond substituents is 1. The molecule has 1 aromatic heterocycles. The highest BCUT2D eigenvalue weighted by Crippen LogP contribution is 2.13. The van der Waals surface area contributed by atoms with Crippen molar-refractivity contribution in [1.29, 1.82) is 0 Å². The van der Waals surface area contributed by atoms with Crippen molar-refractivity contribution >= 4 is 24.8 Å². The minimum absolute atomic E-state index is 0.0105. The van der Waals surface area contributed by atoms with Gasteiger partial charge in [0.15, 0.2) is 0 Å². The molecule has 0 saturated carbocycles. The first kappa shape index (κ1) is 29.3. The van der Waals surface area contributed by atoms with Crippen molar-refractivity contribution in [3.63, 3.8) is 0 Å². The van der Waals surface area contributed by atoms with Crippen molar-refractivity contribution < 1.29 is 29.5 Å². The summed E-state index contributed by atoms with van der Waals surface area (Å²) in [4.78, 5) is 47.5. The number of aromatic hydroxyl groups is 1. The van der Waals surface area contributed by atoms with Crippen molar-refractivity contribution in [3.05, 3.63) is 90.0 Å². The van der Waals surface area contributed by atoms with E-state index >= 15 is 0 Å². The highest BCUT2D eigenvalue weighted by atomic mass is 16.4. The number of aromatic nitrogens is 2. The topological polar surface area (TPSA) is 174 Å². The monoisotopic (exact) mass is 533 g/mol. The van der Waals surface area contributed by atoms with Crippen LogP contribution in [0.2, 0.25) is 0 Å². The predicted molar refractivity (Wildman–Crippen MR) is 144 cm³/mol. The van der Waals surface area contributed by atoms with Crippen molar-refractivity contribution in [1.82, 2.24) is 25.9 Å². The van der Waals surface area contributed by atoms with Crippen LogP contribution in [0, 0.1) is 5.92 Å². The number of hydrogen-bond donors (Lipinski definition) is 6. The van der Waals surface area contributed by atoms with Gasteiger partial charge in [0, 0.05) is 25.2 Å². The zero-order valence-corrected chi connectivity index (χ0v) is 21.7. The second kappa shape index (κ2) is 14.0. The molecule has 0 aliphatic heterocycles. The van der Waals surface area contributed by atoms with Gasteiger partial charge in [0.1, 0.15) is 23.5 Å². The smallest absolute Gasteiger partial charge is 0.475 e. The maximum atomic E-state index is 13.5. The third-order valence-electron chi connectivity index (χ3n) is 6.06. The Balaban J connectivity index is 1.86. The molecule has 0 saturated heterocycles. The Morgan fingerprint density at radius 1 is 0.821 bits per heavy atom. The van der Waals surface area contributed by atoms with E-state index in [1.165, 1.54) is 30.7 Å². The van der Waals surface area contributed by atoms with E-state index < -0.39 is 42.9 Å². The van der Waals surface area contributed by atoms with Crippen LogP contribution in [0.1, 0.15) is 35.5 Å². The lowest BCUT2D eigenvalue weighted by molar-refractivity contribution is -0.130. The van der Waals surface area contributed by atoms with Crippen LogP contribution in [-0.4, -0.2) is 68.0 Å². The summed E-state index contributed by atoms with van der Waals surface area (Å²) >= 11 is 0. The van der Waals surface area contributed by atoms with Gasteiger partial charge in [0.05, 0.1) is 12.1 Å². The molecule has 1 unspecified atom stereocenters. The molecule has 11 nitrogen and oxygen atoms in total. The number of benzene rings is 2. The molecule has 0 aliphatic rings. The number of nitrogens with zero attached hydrogens (tertiary/aromatic N) is 2. The third kappa shape index (κ3) is 8.90. The Morgan fingerprint density at radius 2 is 1.41 bits per heavy atom. The Bertz CT molecular complexity index is 1220. The summed E-state index contributed by atoms with van der Waals surface area (Å²) in [5, 5.41) is 37.1. The van der Waals surface area contributed by atoms with Gasteiger partial charge < -0.3 is 31.1 Å². The van der Waals surface area contributed by atoms with E-state index in [4.69, 9.17) is 0 Å². The first-order chi connectivity index (χ1) is 18.6. The fourth-order valence-corrected chi connectivity index (χ4v) is 3.91. The van der Waals surface area contributed by atoms with Crippen molar-refractivity contribution in [2.75, 3.05) is 0 Å². The van der Waals surface area contributed by atoms with Crippen molar-refractivity contribution in [2.24, 2.45) is 5.92 Å². The summed E-state index contributed by atoms with van der Waals surface area (Å²) < 4.78 is 0. The summed E-state index contributed by atoms with van der Waals surface area (Å²) in [7, 11) is -1.80. The van der Waals surface area contributed by atoms with E-state index in [1.54, 1.807) is 50.2 Å². The maximum absolute atomic E-state index is 13.5. The van der Waals surface area contributed by atoms with E-state index in [0.717, 1.165) is 5.56 Å². The average Bonchev–Trinajstić information content (AvgIpc) is 2.92. The minimum atomic E-state index is -1.80. The number of phenols is 1. The average molecular weight is 533 g/mol. The van der Waals surface area contributed by atoms with Crippen LogP contribution < -0.4 is 16.0 Å². The van der Waals surface area contributed by atoms with E-state index in [0.29, 0.717) is 5.56 Å². The van der Waals surface area contributed by atoms with Gasteiger partial charge in [0.25, 0.3) is 5.91 Å². The molecule has 204 valence electrons. The van der Waals surface area contributed by atoms with Gasteiger partial charge in [0.2, 0.25) is 11.8 Å². The number of carbonyl (C=O) groups excluding carboxylic acids is 3. The molecule has 0 bridgehead atoms. The fraction of sp³-hybridized carbons (Fsp3) is 0.296. The van der Waals surface area contributed by atoms with Crippen molar-refractivity contribution in [2.45, 2.75) is 44.7 Å². The number of rotatable bonds is 12. The predicted octanol–water partition coefficient (Wildman–Crippen LogP) is 0.404. The zero-order chi connectivity index (χ0) is 28.4. The summed E-state index contributed by atoms with van der Waals surface area (Å²) in [6, 6.07) is 13.0. The highest BCUT2D eigenvalue weighted by Gasteiger charge is 2.33. The standard InChI is InChI=1S/C27H32BN5O6/c1-17(2)24(28(38)39)33-26(36)22(14-18-6-4-3-5-7-18)31-25(35)21(15-19-8-10-20(34)11-9-19)32-27(37)23-16-29-12-13-30-23/h3-13,16-17,21-22,24,34,38-39H,14-15H2,1-2H3,(H,31,35)(H,32,37)(H,33,36)/t21-,22-,24?/m0/s1. The second-order valence-corrected chi connectivity index (χ2v) is 9.43. The molecule has 3 rings (SSSR count). The lowest BCUT2D eigenvalue weighted by Gasteiger charge is -2.27. The van der Waals surface area contributed by atoms with Crippen molar-refractivity contribution in [3.8, 4) is 5.75 Å². The molecule has 2 aromatic carbocycles. The van der Waals surface area contributed by atoms with Gasteiger partial charge in [-0.2, -0.15) is 0 Å². The molecule has 0 spiro atoms. The molecule has 6 N–H and O–H groups in total. The Labute approximate surface area is 226 Å². The number of nitrogens with one attached hydrogen (secondary N) is 3. The van der Waals surface area contributed by atoms with Crippen LogP contribution in [0.3, 0.4) is 0 Å². The van der Waals surface area contributed by atoms with Gasteiger partial charge >= 0.3 is 7.12 Å². The van der Waals surface area contributed by atoms with Gasteiger partial charge in [-0.15, -0.1) is 0 Å². The molecule has 12 heteroatoms. The van der Waals surface area contributed by atoms with Gasteiger partial charge in [-0.05, 0) is 29.2 Å². The first-order valence-electron chi connectivity index (χ1n) is 12.5. The lowest BCUT2D eigenvalue weighted by atomic mass is 9.73. The maximum Gasteiger partial charge on any atom is 0.475 e. The Hall–Kier alpha value is -4.29. The van der Waals surface area contributed by atoms with E-state index in [9.17, 15) is 29.5 Å². The SMILES string of the molecule is CC(C)C(NC(=O)[C@H](Cc1ccccc1)NC(=O)[C@H](Cc1ccc(O)cc1)NC(=O)c1cnccn1)B(O)O. The van der Waals surface area contributed by atoms with Crippen LogP contribution in [-0.2, 0) is 22.4 Å². The molecule has 0 radical (unpaired) electrons. The highest BCUT2D eigenvalue weighted by molar-refractivity contribution is 6.43. The quantitative estimate of drug-likeness (QED) is 0.182.